The fourth-order valence-corrected chi connectivity index (χ4v) is 5.34. The quantitative estimate of drug-likeness (QED) is 0.268. The minimum Gasteiger partial charge on any atom is -0.497 e. The third kappa shape index (κ3) is 4.89. The zero-order valence-corrected chi connectivity index (χ0v) is 22.6. The summed E-state index contributed by atoms with van der Waals surface area (Å²) in [4.78, 5) is 26.8. The monoisotopic (exact) mass is 562 g/mol. The number of nitrogens with one attached hydrogen (secondary N) is 1. The molecule has 0 bridgehead atoms. The molecule has 0 radical (unpaired) electrons. The molecule has 10 heteroatoms. The lowest BCUT2D eigenvalue weighted by molar-refractivity contribution is -0.181. The average Bonchev–Trinajstić information content (AvgIpc) is 3.29. The Hall–Kier alpha value is -4.09. The number of aromatic nitrogens is 2. The van der Waals surface area contributed by atoms with Crippen molar-refractivity contribution >= 4 is 0 Å². The number of rotatable bonds is 9. The molecule has 1 saturated heterocycles. The van der Waals surface area contributed by atoms with Gasteiger partial charge in [-0.1, -0.05) is 72.8 Å². The van der Waals surface area contributed by atoms with Gasteiger partial charge in [0.1, 0.15) is 23.1 Å². The summed E-state index contributed by atoms with van der Waals surface area (Å²) < 4.78 is 35.7. The first kappa shape index (κ1) is 28.4. The second kappa shape index (κ2) is 11.4. The summed E-state index contributed by atoms with van der Waals surface area (Å²) in [5.41, 5.74) is -2.85. The molecule has 3 N–H and O–H groups in total. The summed E-state index contributed by atoms with van der Waals surface area (Å²) in [5, 5.41) is 21.0. The number of aromatic amines is 1. The number of nitrogens with zero attached hydrogens (tertiary/aromatic N) is 1. The van der Waals surface area contributed by atoms with Crippen LogP contribution in [-0.2, 0) is 15.1 Å². The Labute approximate surface area is 235 Å². The summed E-state index contributed by atoms with van der Waals surface area (Å²) in [7, 11) is 1.55. The van der Waals surface area contributed by atoms with Crippen molar-refractivity contribution in [2.24, 2.45) is 0 Å². The van der Waals surface area contributed by atoms with Gasteiger partial charge in [0.05, 0.1) is 20.3 Å². The van der Waals surface area contributed by atoms with Gasteiger partial charge < -0.3 is 24.4 Å². The molecule has 0 aliphatic carbocycles. The number of benzene rings is 3. The van der Waals surface area contributed by atoms with Gasteiger partial charge in [0.2, 0.25) is 0 Å². The number of methoxy groups -OCH3 is 1. The van der Waals surface area contributed by atoms with E-state index < -0.39 is 54.2 Å². The number of hydrogen-bond donors (Lipinski definition) is 3. The minimum absolute atomic E-state index is 0.157. The van der Waals surface area contributed by atoms with Crippen LogP contribution in [0.3, 0.4) is 0 Å². The largest absolute Gasteiger partial charge is 0.497 e. The van der Waals surface area contributed by atoms with Gasteiger partial charge in [-0.15, -0.1) is 0 Å². The molecule has 2 heterocycles. The van der Waals surface area contributed by atoms with Crippen LogP contribution in [-0.4, -0.2) is 58.0 Å². The van der Waals surface area contributed by atoms with Crippen molar-refractivity contribution in [1.82, 2.24) is 9.55 Å². The maximum atomic E-state index is 16.7. The van der Waals surface area contributed by atoms with Crippen LogP contribution in [0.25, 0.3) is 0 Å². The summed E-state index contributed by atoms with van der Waals surface area (Å²) in [6.07, 6.45) is -4.06. The third-order valence-corrected chi connectivity index (χ3v) is 7.55. The summed E-state index contributed by atoms with van der Waals surface area (Å²) in [6, 6.07) is 25.5. The summed E-state index contributed by atoms with van der Waals surface area (Å²) in [5.74, 6) is 0.601. The molecule has 1 fully saturated rings. The predicted molar refractivity (Wildman–Crippen MR) is 149 cm³/mol. The molecule has 41 heavy (non-hydrogen) atoms. The van der Waals surface area contributed by atoms with Gasteiger partial charge in [0.25, 0.3) is 5.56 Å². The van der Waals surface area contributed by atoms with E-state index >= 15 is 4.39 Å². The molecule has 5 rings (SSSR count). The highest BCUT2D eigenvalue weighted by Gasteiger charge is 2.60. The van der Waals surface area contributed by atoms with Crippen LogP contribution in [0.5, 0.6) is 5.75 Å². The molecule has 1 aliphatic heterocycles. The van der Waals surface area contributed by atoms with Gasteiger partial charge in [0, 0.05) is 11.8 Å². The Kier molecular flexibility index (Phi) is 7.92. The average molecular weight is 563 g/mol. The van der Waals surface area contributed by atoms with Crippen LogP contribution in [0.4, 0.5) is 4.39 Å². The van der Waals surface area contributed by atoms with E-state index in [0.717, 1.165) is 4.57 Å². The van der Waals surface area contributed by atoms with Crippen molar-refractivity contribution in [3.05, 3.63) is 134 Å². The molecule has 9 nitrogen and oxygen atoms in total. The van der Waals surface area contributed by atoms with Gasteiger partial charge in [0.15, 0.2) is 12.4 Å². The van der Waals surface area contributed by atoms with E-state index in [4.69, 9.17) is 14.2 Å². The van der Waals surface area contributed by atoms with Crippen LogP contribution < -0.4 is 16.0 Å². The van der Waals surface area contributed by atoms with E-state index in [1.807, 2.05) is 60.7 Å². The zero-order valence-electron chi connectivity index (χ0n) is 22.6. The molecule has 4 aromatic rings. The fourth-order valence-electron chi connectivity index (χ4n) is 5.34. The highest BCUT2D eigenvalue weighted by molar-refractivity contribution is 5.49. The van der Waals surface area contributed by atoms with Crippen molar-refractivity contribution in [3.8, 4) is 5.75 Å². The summed E-state index contributed by atoms with van der Waals surface area (Å²) in [6.45, 7) is -0.162. The Morgan fingerprint density at radius 2 is 1.46 bits per heavy atom. The zero-order chi connectivity index (χ0) is 29.2. The van der Waals surface area contributed by atoms with Crippen LogP contribution in [0.15, 0.2) is 101 Å². The van der Waals surface area contributed by atoms with Crippen LogP contribution in [0, 0.1) is 6.92 Å². The Bertz CT molecular complexity index is 1550. The number of halogens is 1. The number of alkyl halides is 1. The molecule has 3 aromatic carbocycles. The third-order valence-electron chi connectivity index (χ3n) is 7.55. The normalized spacial score (nSPS) is 20.2. The molecular weight excluding hydrogens is 531 g/mol. The van der Waals surface area contributed by atoms with E-state index in [2.05, 4.69) is 4.98 Å². The SMILES string of the molecule is COc1ccc(C(O[C@H]2[C@@H](F)[C@H](n3cc(C)c(=O)[nH]c3=O)OC2(CO)CO)(c2ccccc2)c2ccccc2)cc1. The Morgan fingerprint density at radius 3 is 1.98 bits per heavy atom. The van der Waals surface area contributed by atoms with Crippen LogP contribution in [0.1, 0.15) is 28.5 Å². The molecule has 0 unspecified atom stereocenters. The van der Waals surface area contributed by atoms with Crippen molar-refractivity contribution in [1.29, 1.82) is 0 Å². The van der Waals surface area contributed by atoms with E-state index in [1.165, 1.54) is 13.1 Å². The highest BCUT2D eigenvalue weighted by Crippen LogP contribution is 2.48. The number of H-pyrrole nitrogens is 1. The van der Waals surface area contributed by atoms with Gasteiger partial charge in [-0.05, 0) is 35.7 Å². The number of aryl methyl sites for hydroxylation is 1. The first-order valence-corrected chi connectivity index (χ1v) is 13.1. The topological polar surface area (TPSA) is 123 Å². The van der Waals surface area contributed by atoms with Gasteiger partial charge >= 0.3 is 5.69 Å². The van der Waals surface area contributed by atoms with E-state index in [0.29, 0.717) is 22.4 Å². The number of hydrogen-bond acceptors (Lipinski definition) is 7. The van der Waals surface area contributed by atoms with Gasteiger partial charge in [-0.25, -0.2) is 9.18 Å². The predicted octanol–water partition coefficient (Wildman–Crippen LogP) is 2.82. The van der Waals surface area contributed by atoms with Gasteiger partial charge in [-0.3, -0.25) is 14.3 Å². The molecule has 214 valence electrons. The van der Waals surface area contributed by atoms with Crippen molar-refractivity contribution in [2.75, 3.05) is 20.3 Å². The molecule has 1 aromatic heterocycles. The number of aliphatic hydroxyl groups excluding tert-OH is 2. The van der Waals surface area contributed by atoms with E-state index in [1.54, 1.807) is 31.4 Å². The molecule has 1 aliphatic rings. The lowest BCUT2D eigenvalue weighted by Crippen LogP contribution is -2.53. The smallest absolute Gasteiger partial charge is 0.330 e. The van der Waals surface area contributed by atoms with Crippen molar-refractivity contribution in [3.63, 3.8) is 0 Å². The maximum absolute atomic E-state index is 16.7. The molecular formula is C31H31FN2O7. The fraction of sp³-hybridized carbons (Fsp3) is 0.290. The van der Waals surface area contributed by atoms with Crippen molar-refractivity contribution in [2.45, 2.75) is 36.6 Å². The minimum atomic E-state index is -2.05. The number of ether oxygens (including phenoxy) is 3. The molecule has 0 amide bonds. The Morgan fingerprint density at radius 1 is 0.927 bits per heavy atom. The standard InChI is InChI=1S/C31H31FN2O7/c1-20-17-34(29(38)33-27(20)37)28-25(32)26(30(18-35,19-36)41-28)40-31(21-9-5-3-6-10-21,22-11-7-4-8-12-22)23-13-15-24(39-2)16-14-23/h3-17,25-26,28,35-36H,18-19H2,1-2H3,(H,33,37,38)/t25-,26+,28-/m1/s1. The van der Waals surface area contributed by atoms with E-state index in [9.17, 15) is 19.8 Å². The lowest BCUT2D eigenvalue weighted by Gasteiger charge is -2.42. The molecule has 0 saturated carbocycles. The molecule has 3 atom stereocenters. The molecule has 0 spiro atoms. The maximum Gasteiger partial charge on any atom is 0.330 e. The van der Waals surface area contributed by atoms with Crippen molar-refractivity contribution < 1.29 is 28.8 Å². The van der Waals surface area contributed by atoms with Crippen LogP contribution in [0.2, 0.25) is 0 Å². The second-order valence-corrected chi connectivity index (χ2v) is 9.99. The lowest BCUT2D eigenvalue weighted by atomic mass is 9.79. The highest BCUT2D eigenvalue weighted by atomic mass is 19.1. The first-order chi connectivity index (χ1) is 19.8. The second-order valence-electron chi connectivity index (χ2n) is 9.99. The van der Waals surface area contributed by atoms with Gasteiger partial charge in [-0.2, -0.15) is 0 Å². The van der Waals surface area contributed by atoms with E-state index in [-0.39, 0.29) is 5.56 Å². The first-order valence-electron chi connectivity index (χ1n) is 13.1. The summed E-state index contributed by atoms with van der Waals surface area (Å²) >= 11 is 0. The van der Waals surface area contributed by atoms with Crippen LogP contribution >= 0.6 is 0 Å². The Balaban J connectivity index is 1.73. The number of aliphatic hydroxyl groups is 2.